The van der Waals surface area contributed by atoms with Gasteiger partial charge in [0.1, 0.15) is 17.8 Å². The van der Waals surface area contributed by atoms with Crippen LogP contribution in [0.3, 0.4) is 0 Å². The molecule has 8 rings (SSSR count). The van der Waals surface area contributed by atoms with Gasteiger partial charge in [0.2, 0.25) is 0 Å². The van der Waals surface area contributed by atoms with Gasteiger partial charge in [0, 0.05) is 17.9 Å². The van der Waals surface area contributed by atoms with Crippen LogP contribution in [0.2, 0.25) is 0 Å². The molecule has 0 spiro atoms. The van der Waals surface area contributed by atoms with E-state index >= 15 is 0 Å². The molecular formula is C43H70N2O6. The maximum absolute atomic E-state index is 14.3. The Balaban J connectivity index is 1.09. The van der Waals surface area contributed by atoms with Crippen LogP contribution < -0.4 is 11.1 Å². The summed E-state index contributed by atoms with van der Waals surface area (Å²) in [6.07, 6.45) is 17.2. The first-order valence-electron chi connectivity index (χ1n) is 21.3. The Hall–Kier alpha value is -0.870. The van der Waals surface area contributed by atoms with Gasteiger partial charge >= 0.3 is 0 Å². The smallest absolute Gasteiger partial charge is 0.159 e. The zero-order chi connectivity index (χ0) is 36.2. The van der Waals surface area contributed by atoms with Crippen molar-refractivity contribution in [2.75, 3.05) is 13.2 Å². The van der Waals surface area contributed by atoms with Crippen LogP contribution in [0, 0.1) is 51.8 Å². The number of piperidine rings is 1. The Morgan fingerprint density at radius 3 is 2.49 bits per heavy atom. The molecule has 0 radical (unpaired) electrons. The lowest BCUT2D eigenvalue weighted by molar-refractivity contribution is -0.196. The number of carbonyl (C=O) groups excluding carboxylic acids is 1. The van der Waals surface area contributed by atoms with Gasteiger partial charge in [-0.3, -0.25) is 4.79 Å². The molecule has 0 aromatic heterocycles. The zero-order valence-electron chi connectivity index (χ0n) is 32.4. The van der Waals surface area contributed by atoms with Crippen molar-refractivity contribution in [2.24, 2.45) is 57.5 Å². The summed E-state index contributed by atoms with van der Waals surface area (Å²) >= 11 is 0. The standard InChI is InChI=1S/C43H70N2O6/c1-26-15-21-50-42(25-26,37-36(51-37)40(5,48)38(2,3)16-10-27-14-20-45-35(44)22-27)34-13-19-43(49)31-24-33(47)32-23-29(46)11-18-41(32,28-8-6-7-9-28)30(31)12-17-39(34,43)4/h24,26-30,32,34-37,45-46,48-49H,6-23,25,44H2,1-5H3. The highest BCUT2D eigenvalue weighted by Crippen LogP contribution is 2.72. The highest BCUT2D eigenvalue weighted by atomic mass is 16.6. The first-order valence-corrected chi connectivity index (χ1v) is 21.3. The number of nitrogens with two attached hydrogens (primary N) is 1. The number of aliphatic hydroxyl groups excluding tert-OH is 1. The van der Waals surface area contributed by atoms with Crippen molar-refractivity contribution in [2.45, 2.75) is 185 Å². The van der Waals surface area contributed by atoms with E-state index in [2.05, 4.69) is 33.0 Å². The minimum absolute atomic E-state index is 0.0492. The Kier molecular flexibility index (Phi) is 9.34. The first-order chi connectivity index (χ1) is 24.1. The van der Waals surface area contributed by atoms with Crippen LogP contribution in [0.4, 0.5) is 0 Å². The monoisotopic (exact) mass is 711 g/mol. The Morgan fingerprint density at radius 2 is 1.76 bits per heavy atom. The average Bonchev–Trinajstić information content (AvgIpc) is 3.62. The largest absolute Gasteiger partial charge is 0.393 e. The molecule has 5 aliphatic carbocycles. The molecule has 0 aromatic rings. The molecule has 3 aliphatic heterocycles. The first kappa shape index (κ1) is 37.1. The summed E-state index contributed by atoms with van der Waals surface area (Å²) in [5.74, 6) is 1.77. The number of fused-ring (bicyclic) bond motifs is 5. The van der Waals surface area contributed by atoms with Crippen LogP contribution in [-0.4, -0.2) is 75.5 Å². The molecule has 3 heterocycles. The van der Waals surface area contributed by atoms with Gasteiger partial charge < -0.3 is 35.8 Å². The normalized spacial score (nSPS) is 50.2. The summed E-state index contributed by atoms with van der Waals surface area (Å²) in [5.41, 5.74) is 3.52. The third kappa shape index (κ3) is 5.56. The van der Waals surface area contributed by atoms with Gasteiger partial charge in [0.05, 0.1) is 23.5 Å². The summed E-state index contributed by atoms with van der Waals surface area (Å²) in [7, 11) is 0. The summed E-state index contributed by atoms with van der Waals surface area (Å²) in [6.45, 7) is 12.6. The molecule has 8 heteroatoms. The number of rotatable bonds is 8. The number of epoxide rings is 1. The summed E-state index contributed by atoms with van der Waals surface area (Å²) < 4.78 is 13.8. The maximum Gasteiger partial charge on any atom is 0.159 e. The van der Waals surface area contributed by atoms with Gasteiger partial charge in [0.25, 0.3) is 0 Å². The van der Waals surface area contributed by atoms with Gasteiger partial charge in [-0.2, -0.15) is 0 Å². The number of carbonyl (C=O) groups is 1. The fourth-order valence-electron chi connectivity index (χ4n) is 14.2. The zero-order valence-corrected chi connectivity index (χ0v) is 32.4. The fraction of sp³-hybridized carbons (Fsp3) is 0.930. The van der Waals surface area contributed by atoms with E-state index in [9.17, 15) is 20.1 Å². The number of ether oxygens (including phenoxy) is 2. The maximum atomic E-state index is 14.3. The number of allylic oxidation sites excluding steroid dienone is 1. The minimum atomic E-state index is -1.08. The molecule has 288 valence electrons. The van der Waals surface area contributed by atoms with E-state index in [-0.39, 0.29) is 52.7 Å². The molecule has 0 amide bonds. The lowest BCUT2D eigenvalue weighted by atomic mass is 9.42. The minimum Gasteiger partial charge on any atom is -0.393 e. The van der Waals surface area contributed by atoms with E-state index in [0.717, 1.165) is 82.7 Å². The molecule has 7 fully saturated rings. The second kappa shape index (κ2) is 12.8. The van der Waals surface area contributed by atoms with E-state index in [0.29, 0.717) is 37.2 Å². The molecule has 51 heavy (non-hydrogen) atoms. The second-order valence-electron chi connectivity index (χ2n) is 20.4. The molecule has 0 aromatic carbocycles. The molecule has 14 atom stereocenters. The van der Waals surface area contributed by atoms with E-state index in [1.807, 2.05) is 13.0 Å². The topological polar surface area (TPSA) is 138 Å². The van der Waals surface area contributed by atoms with Gasteiger partial charge in [0.15, 0.2) is 5.78 Å². The van der Waals surface area contributed by atoms with E-state index in [1.165, 1.54) is 25.7 Å². The summed E-state index contributed by atoms with van der Waals surface area (Å²) in [6, 6.07) is 0. The molecule has 8 aliphatic rings. The predicted molar refractivity (Wildman–Crippen MR) is 197 cm³/mol. The Bertz CT molecular complexity index is 1380. The van der Waals surface area contributed by atoms with Crippen molar-refractivity contribution >= 4 is 5.78 Å². The third-order valence-electron chi connectivity index (χ3n) is 17.6. The Morgan fingerprint density at radius 1 is 1.00 bits per heavy atom. The number of ketones is 1. The third-order valence-corrected chi connectivity index (χ3v) is 17.6. The fourth-order valence-corrected chi connectivity index (χ4v) is 14.2. The number of hydrogen-bond acceptors (Lipinski definition) is 8. The summed E-state index contributed by atoms with van der Waals surface area (Å²) in [4.78, 5) is 14.3. The molecular weight excluding hydrogens is 640 g/mol. The highest BCUT2D eigenvalue weighted by molar-refractivity contribution is 5.95. The van der Waals surface area contributed by atoms with E-state index < -0.39 is 28.3 Å². The van der Waals surface area contributed by atoms with E-state index in [1.54, 1.807) is 0 Å². The highest BCUT2D eigenvalue weighted by Gasteiger charge is 2.75. The lowest BCUT2D eigenvalue weighted by Gasteiger charge is -2.63. The number of aliphatic hydroxyl groups is 3. The van der Waals surface area contributed by atoms with Crippen LogP contribution in [0.25, 0.3) is 0 Å². The summed E-state index contributed by atoms with van der Waals surface area (Å²) in [5, 5.41) is 39.9. The number of hydrogen-bond donors (Lipinski definition) is 5. The van der Waals surface area contributed by atoms with Crippen molar-refractivity contribution in [3.63, 3.8) is 0 Å². The molecule has 6 N–H and O–H groups in total. The van der Waals surface area contributed by atoms with Crippen LogP contribution in [0.15, 0.2) is 11.6 Å². The Labute approximate surface area is 307 Å². The second-order valence-corrected chi connectivity index (χ2v) is 20.4. The molecule has 14 unspecified atom stereocenters. The average molecular weight is 711 g/mol. The van der Waals surface area contributed by atoms with Gasteiger partial charge in [-0.1, -0.05) is 40.5 Å². The van der Waals surface area contributed by atoms with Gasteiger partial charge in [-0.25, -0.2) is 0 Å². The van der Waals surface area contributed by atoms with Gasteiger partial charge in [-0.15, -0.1) is 0 Å². The molecule has 4 saturated carbocycles. The van der Waals surface area contributed by atoms with Crippen molar-refractivity contribution in [3.05, 3.63) is 11.6 Å². The molecule has 8 nitrogen and oxygen atoms in total. The van der Waals surface area contributed by atoms with Crippen LogP contribution in [0.5, 0.6) is 0 Å². The van der Waals surface area contributed by atoms with Crippen molar-refractivity contribution < 1.29 is 29.6 Å². The predicted octanol–water partition coefficient (Wildman–Crippen LogP) is 6.19. The van der Waals surface area contributed by atoms with E-state index in [4.69, 9.17) is 15.2 Å². The quantitative estimate of drug-likeness (QED) is 0.188. The van der Waals surface area contributed by atoms with Crippen LogP contribution in [-0.2, 0) is 14.3 Å². The van der Waals surface area contributed by atoms with Crippen molar-refractivity contribution in [3.8, 4) is 0 Å². The van der Waals surface area contributed by atoms with Crippen molar-refractivity contribution in [1.29, 1.82) is 0 Å². The molecule has 0 bridgehead atoms. The van der Waals surface area contributed by atoms with Crippen LogP contribution in [0.1, 0.15) is 144 Å². The SMILES string of the molecule is CC1CCOC(C2OC2C(C)(O)C(C)(C)CCC2CCNC(N)C2)(C2CCC3(O)C4=CC(=O)C5CC(O)CCC5(C5CCCC5)C4CCC23C)C1. The molecule has 3 saturated heterocycles. The van der Waals surface area contributed by atoms with Crippen molar-refractivity contribution in [1.82, 2.24) is 5.32 Å². The van der Waals surface area contributed by atoms with Crippen LogP contribution >= 0.6 is 0 Å². The lowest BCUT2D eigenvalue weighted by Crippen LogP contribution is -2.64. The number of nitrogens with one attached hydrogen (secondary N) is 1. The van der Waals surface area contributed by atoms with Gasteiger partial charge in [-0.05, 0) is 162 Å².